The summed E-state index contributed by atoms with van der Waals surface area (Å²) in [6.07, 6.45) is 1.87. The first-order chi connectivity index (χ1) is 23.7. The van der Waals surface area contributed by atoms with Gasteiger partial charge in [0.2, 0.25) is 0 Å². The maximum absolute atomic E-state index is 6.54. The quantitative estimate of drug-likeness (QED) is 0.157. The molecular weight excluding hydrogens is 796 g/mol. The number of ether oxygens (including phenoxy) is 1. The third-order valence-electron chi connectivity index (χ3n) is 9.28. The molecule has 0 N–H and O–H groups in total. The number of hydrogen-bond acceptors (Lipinski definition) is 3. The average Bonchev–Trinajstić information content (AvgIpc) is 3.57. The van der Waals surface area contributed by atoms with Gasteiger partial charge in [-0.15, -0.1) is 35.7 Å². The second-order valence-electron chi connectivity index (χ2n) is 12.9. The first kappa shape index (κ1) is 33.3. The summed E-state index contributed by atoms with van der Waals surface area (Å²) in [5, 5.41) is 7.22. The molecular formula is C44H36N4OPt. The van der Waals surface area contributed by atoms with Gasteiger partial charge in [-0.2, -0.15) is 16.7 Å². The molecule has 0 unspecified atom stereocenters. The van der Waals surface area contributed by atoms with Crippen molar-refractivity contribution in [2.75, 3.05) is 0 Å². The van der Waals surface area contributed by atoms with Gasteiger partial charge < -0.3 is 9.30 Å². The van der Waals surface area contributed by atoms with E-state index in [0.29, 0.717) is 11.5 Å². The monoisotopic (exact) mass is 831 g/mol. The maximum atomic E-state index is 6.54. The molecule has 50 heavy (non-hydrogen) atoms. The fraction of sp³-hybridized carbons (Fsp3) is 0.136. The van der Waals surface area contributed by atoms with Crippen LogP contribution in [0.25, 0.3) is 55.6 Å². The number of aryl methyl sites for hydroxylation is 5. The molecule has 8 rings (SSSR count). The van der Waals surface area contributed by atoms with Crippen LogP contribution in [0.4, 0.5) is 0 Å². The molecule has 0 saturated heterocycles. The molecule has 5 nitrogen and oxygen atoms in total. The van der Waals surface area contributed by atoms with Crippen molar-refractivity contribution in [1.82, 2.24) is 19.3 Å². The van der Waals surface area contributed by atoms with Crippen LogP contribution in [0.2, 0.25) is 0 Å². The molecule has 0 spiro atoms. The Hall–Kier alpha value is -5.25. The van der Waals surface area contributed by atoms with Crippen LogP contribution in [0.5, 0.6) is 11.5 Å². The van der Waals surface area contributed by atoms with Crippen LogP contribution >= 0.6 is 0 Å². The Bertz CT molecular complexity index is 2520. The van der Waals surface area contributed by atoms with Crippen LogP contribution in [-0.4, -0.2) is 19.3 Å². The largest absolute Gasteiger partial charge is 2.00 e. The minimum absolute atomic E-state index is 0. The van der Waals surface area contributed by atoms with Gasteiger partial charge in [0.1, 0.15) is 5.82 Å². The minimum atomic E-state index is 0. The van der Waals surface area contributed by atoms with E-state index in [2.05, 4.69) is 137 Å². The van der Waals surface area contributed by atoms with Crippen molar-refractivity contribution in [3.8, 4) is 45.3 Å². The number of nitrogens with zero attached hydrogens (tertiary/aromatic N) is 4. The Kier molecular flexibility index (Phi) is 8.80. The summed E-state index contributed by atoms with van der Waals surface area (Å²) in [5.41, 5.74) is 14.4. The zero-order valence-electron chi connectivity index (χ0n) is 28.9. The van der Waals surface area contributed by atoms with E-state index in [1.165, 1.54) is 27.8 Å². The Labute approximate surface area is 307 Å². The number of rotatable bonds is 6. The molecule has 0 radical (unpaired) electrons. The van der Waals surface area contributed by atoms with Gasteiger partial charge in [-0.1, -0.05) is 78.7 Å². The summed E-state index contributed by atoms with van der Waals surface area (Å²) >= 11 is 0. The Morgan fingerprint density at radius 1 is 0.620 bits per heavy atom. The molecule has 0 aliphatic heterocycles. The fourth-order valence-electron chi connectivity index (χ4n) is 7.29. The SMILES string of the molecule is Cc1cc(Oc2[c-]c3c(cc2)c2ccccc2n3-c2cc(-c3ccccc3)ccn2)[c-]c(-n2nc(C)c(-c3c(C)cc(C)cc3C)c2C)c1.[Pt+2]. The van der Waals surface area contributed by atoms with E-state index < -0.39 is 0 Å². The molecule has 0 fully saturated rings. The van der Waals surface area contributed by atoms with Crippen LogP contribution in [0.3, 0.4) is 0 Å². The molecule has 0 atom stereocenters. The molecule has 0 amide bonds. The second kappa shape index (κ2) is 13.2. The molecule has 0 aliphatic rings. The van der Waals surface area contributed by atoms with Crippen molar-refractivity contribution in [2.45, 2.75) is 41.5 Å². The Morgan fingerprint density at radius 3 is 2.12 bits per heavy atom. The van der Waals surface area contributed by atoms with Crippen molar-refractivity contribution >= 4 is 21.8 Å². The van der Waals surface area contributed by atoms with Crippen LogP contribution < -0.4 is 4.74 Å². The summed E-state index contributed by atoms with van der Waals surface area (Å²) in [6.45, 7) is 12.8. The van der Waals surface area contributed by atoms with E-state index >= 15 is 0 Å². The standard InChI is InChI=1S/C44H36N4O.Pt/c1-27-20-29(3)43(30(4)21-27)44-31(5)46-48(32(44)6)35-22-28(2)23-37(25-35)49-36-16-17-39-38-14-10-11-15-40(38)47(41(39)26-36)42-24-34(18-19-45-42)33-12-8-7-9-13-33;/h7-24H,1-6H3;/q-2;+2. The van der Waals surface area contributed by atoms with Gasteiger partial charge >= 0.3 is 21.1 Å². The summed E-state index contributed by atoms with van der Waals surface area (Å²) in [4.78, 5) is 4.82. The third-order valence-corrected chi connectivity index (χ3v) is 9.28. The second-order valence-corrected chi connectivity index (χ2v) is 12.9. The maximum Gasteiger partial charge on any atom is 2.00 e. The predicted molar refractivity (Wildman–Crippen MR) is 199 cm³/mol. The van der Waals surface area contributed by atoms with Gasteiger partial charge in [-0.05, 0) is 91.7 Å². The molecule has 248 valence electrons. The normalized spacial score (nSPS) is 11.2. The first-order valence-electron chi connectivity index (χ1n) is 16.6. The number of pyridine rings is 1. The molecule has 3 aromatic heterocycles. The summed E-state index contributed by atoms with van der Waals surface area (Å²) in [6, 6.07) is 42.7. The summed E-state index contributed by atoms with van der Waals surface area (Å²) in [5.74, 6) is 2.03. The predicted octanol–water partition coefficient (Wildman–Crippen LogP) is 10.9. The molecule has 0 aliphatic carbocycles. The van der Waals surface area contributed by atoms with Crippen LogP contribution in [0.1, 0.15) is 33.6 Å². The number of benzene rings is 5. The molecule has 5 aromatic carbocycles. The smallest absolute Gasteiger partial charge is 0.509 e. The van der Waals surface area contributed by atoms with Gasteiger partial charge in [0.25, 0.3) is 0 Å². The Morgan fingerprint density at radius 2 is 1.34 bits per heavy atom. The molecule has 6 heteroatoms. The van der Waals surface area contributed by atoms with Crippen LogP contribution in [0.15, 0.2) is 109 Å². The number of para-hydroxylation sites is 1. The number of aromatic nitrogens is 4. The van der Waals surface area contributed by atoms with E-state index in [1.807, 2.05) is 35.1 Å². The Balaban J connectivity index is 0.00000392. The van der Waals surface area contributed by atoms with Crippen molar-refractivity contribution in [3.63, 3.8) is 0 Å². The third kappa shape index (κ3) is 5.86. The van der Waals surface area contributed by atoms with Crippen molar-refractivity contribution < 1.29 is 25.8 Å². The van der Waals surface area contributed by atoms with E-state index in [4.69, 9.17) is 14.8 Å². The van der Waals surface area contributed by atoms with Gasteiger partial charge in [0.05, 0.1) is 5.69 Å². The minimum Gasteiger partial charge on any atom is -0.509 e. The van der Waals surface area contributed by atoms with E-state index in [9.17, 15) is 0 Å². The molecule has 3 heterocycles. The van der Waals surface area contributed by atoms with Gasteiger partial charge in [-0.3, -0.25) is 4.68 Å². The van der Waals surface area contributed by atoms with Crippen LogP contribution in [-0.2, 0) is 21.1 Å². The topological polar surface area (TPSA) is 44.9 Å². The van der Waals surface area contributed by atoms with Crippen molar-refractivity contribution in [2.24, 2.45) is 0 Å². The van der Waals surface area contributed by atoms with E-state index in [-0.39, 0.29) is 21.1 Å². The zero-order valence-corrected chi connectivity index (χ0v) is 31.2. The van der Waals surface area contributed by atoms with E-state index in [0.717, 1.165) is 61.4 Å². The molecule has 0 saturated carbocycles. The number of fused-ring (bicyclic) bond motifs is 3. The van der Waals surface area contributed by atoms with E-state index in [1.54, 1.807) is 0 Å². The fourth-order valence-corrected chi connectivity index (χ4v) is 7.29. The zero-order chi connectivity index (χ0) is 33.8. The van der Waals surface area contributed by atoms with Crippen molar-refractivity contribution in [3.05, 3.63) is 155 Å². The molecule has 8 aromatic rings. The van der Waals surface area contributed by atoms with Crippen LogP contribution in [0, 0.1) is 53.7 Å². The number of hydrogen-bond donors (Lipinski definition) is 0. The average molecular weight is 832 g/mol. The summed E-state index contributed by atoms with van der Waals surface area (Å²) in [7, 11) is 0. The van der Waals surface area contributed by atoms with Gasteiger partial charge in [0, 0.05) is 34.5 Å². The van der Waals surface area contributed by atoms with Crippen molar-refractivity contribution in [1.29, 1.82) is 0 Å². The molecule has 0 bridgehead atoms. The van der Waals surface area contributed by atoms with Gasteiger partial charge in [-0.25, -0.2) is 4.98 Å². The van der Waals surface area contributed by atoms with Gasteiger partial charge in [0.15, 0.2) is 0 Å². The summed E-state index contributed by atoms with van der Waals surface area (Å²) < 4.78 is 10.7. The first-order valence-corrected chi connectivity index (χ1v) is 16.6.